The molecule has 2 rings (SSSR count). The summed E-state index contributed by atoms with van der Waals surface area (Å²) in [5.74, 6) is -1.25. The van der Waals surface area contributed by atoms with Crippen molar-refractivity contribution in [1.82, 2.24) is 9.62 Å². The van der Waals surface area contributed by atoms with E-state index in [9.17, 15) is 23.1 Å². The lowest BCUT2D eigenvalue weighted by Crippen LogP contribution is -2.45. The van der Waals surface area contributed by atoms with Crippen LogP contribution in [0, 0.1) is 11.8 Å². The Morgan fingerprint density at radius 2 is 1.88 bits per heavy atom. The molecule has 0 bridgehead atoms. The first-order chi connectivity index (χ1) is 11.7. The Hall–Kier alpha value is -1.93. The molecule has 1 aromatic rings. The van der Waals surface area contributed by atoms with Crippen molar-refractivity contribution in [2.45, 2.75) is 31.1 Å². The number of carboxylic acids is 1. The molecule has 1 aliphatic heterocycles. The maximum atomic E-state index is 12.4. The van der Waals surface area contributed by atoms with E-state index in [1.807, 2.05) is 6.92 Å². The lowest BCUT2D eigenvalue weighted by molar-refractivity contribution is -0.146. The van der Waals surface area contributed by atoms with E-state index < -0.39 is 21.9 Å². The zero-order valence-corrected chi connectivity index (χ0v) is 15.3. The monoisotopic (exact) mass is 368 g/mol. The number of carboxylic acid groups (broad SMARTS) is 1. The summed E-state index contributed by atoms with van der Waals surface area (Å²) in [6.45, 7) is 2.80. The van der Waals surface area contributed by atoms with Gasteiger partial charge in [-0.25, -0.2) is 13.1 Å². The molecule has 0 aliphatic carbocycles. The highest BCUT2D eigenvalue weighted by Gasteiger charge is 2.31. The van der Waals surface area contributed by atoms with Gasteiger partial charge < -0.3 is 10.0 Å². The molecule has 0 radical (unpaired) electrons. The maximum Gasteiger partial charge on any atom is 0.308 e. The third-order valence-electron chi connectivity index (χ3n) is 4.49. The summed E-state index contributed by atoms with van der Waals surface area (Å²) in [6, 6.07) is 6.40. The highest BCUT2D eigenvalue weighted by atomic mass is 32.2. The first-order valence-corrected chi connectivity index (χ1v) is 9.74. The molecule has 2 N–H and O–H groups in total. The molecule has 138 valence electrons. The van der Waals surface area contributed by atoms with Crippen LogP contribution in [0.1, 0.15) is 25.3 Å². The van der Waals surface area contributed by atoms with E-state index in [0.29, 0.717) is 19.4 Å². The van der Waals surface area contributed by atoms with Crippen LogP contribution < -0.4 is 4.72 Å². The van der Waals surface area contributed by atoms with E-state index in [1.165, 1.54) is 19.2 Å². The second kappa shape index (κ2) is 7.97. The van der Waals surface area contributed by atoms with E-state index in [1.54, 1.807) is 17.0 Å². The predicted molar refractivity (Wildman–Crippen MR) is 92.5 cm³/mol. The average Bonchev–Trinajstić information content (AvgIpc) is 2.59. The van der Waals surface area contributed by atoms with E-state index in [0.717, 1.165) is 5.56 Å². The zero-order valence-electron chi connectivity index (χ0n) is 14.4. The van der Waals surface area contributed by atoms with Crippen LogP contribution in [0.5, 0.6) is 0 Å². The third-order valence-corrected chi connectivity index (χ3v) is 5.92. The topological polar surface area (TPSA) is 104 Å². The van der Waals surface area contributed by atoms with Crippen molar-refractivity contribution < 1.29 is 23.1 Å². The van der Waals surface area contributed by atoms with Gasteiger partial charge in [0, 0.05) is 19.5 Å². The first kappa shape index (κ1) is 19.4. The summed E-state index contributed by atoms with van der Waals surface area (Å²) in [7, 11) is -2.11. The lowest BCUT2D eigenvalue weighted by atomic mass is 9.90. The summed E-state index contributed by atoms with van der Waals surface area (Å²) in [6.07, 6.45) is 1.36. The standard InChI is InChI=1S/C17H24N2O5S/c1-12-9-14(17(21)22)11-19(10-12)16(20)8-5-13-3-6-15(7-4-13)25(23,24)18-2/h3-4,6-7,12,14,18H,5,8-11H2,1-2H3,(H,21,22). The van der Waals surface area contributed by atoms with Gasteiger partial charge in [-0.05, 0) is 43.5 Å². The van der Waals surface area contributed by atoms with Crippen LogP contribution in [0.3, 0.4) is 0 Å². The van der Waals surface area contributed by atoms with Crippen molar-refractivity contribution in [3.8, 4) is 0 Å². The van der Waals surface area contributed by atoms with Crippen molar-refractivity contribution in [2.24, 2.45) is 11.8 Å². The van der Waals surface area contributed by atoms with Gasteiger partial charge in [-0.2, -0.15) is 0 Å². The van der Waals surface area contributed by atoms with Gasteiger partial charge in [0.2, 0.25) is 15.9 Å². The van der Waals surface area contributed by atoms with Gasteiger partial charge in [-0.15, -0.1) is 0 Å². The van der Waals surface area contributed by atoms with Crippen LogP contribution in [0.2, 0.25) is 0 Å². The Labute approximate surface area is 148 Å². The van der Waals surface area contributed by atoms with Crippen LogP contribution in [-0.4, -0.2) is 50.4 Å². The molecule has 1 heterocycles. The Morgan fingerprint density at radius 3 is 2.44 bits per heavy atom. The zero-order chi connectivity index (χ0) is 18.6. The largest absolute Gasteiger partial charge is 0.481 e. The molecule has 1 aliphatic rings. The second-order valence-corrected chi connectivity index (χ2v) is 8.41. The molecule has 0 aromatic heterocycles. The van der Waals surface area contributed by atoms with E-state index >= 15 is 0 Å². The SMILES string of the molecule is CNS(=O)(=O)c1ccc(CCC(=O)N2CC(C)CC(C(=O)O)C2)cc1. The number of hydrogen-bond acceptors (Lipinski definition) is 4. The summed E-state index contributed by atoms with van der Waals surface area (Å²) >= 11 is 0. The minimum absolute atomic E-state index is 0.0651. The maximum absolute atomic E-state index is 12.4. The van der Waals surface area contributed by atoms with Crippen LogP contribution >= 0.6 is 0 Å². The second-order valence-electron chi connectivity index (χ2n) is 6.53. The molecule has 2 unspecified atom stereocenters. The molecule has 1 amide bonds. The number of sulfonamides is 1. The molecule has 2 atom stereocenters. The van der Waals surface area contributed by atoms with Crippen molar-refractivity contribution >= 4 is 21.9 Å². The van der Waals surface area contributed by atoms with Gasteiger partial charge in [0.05, 0.1) is 10.8 Å². The smallest absolute Gasteiger partial charge is 0.308 e. The van der Waals surface area contributed by atoms with E-state index in [4.69, 9.17) is 0 Å². The normalized spacial score (nSPS) is 21.1. The molecule has 25 heavy (non-hydrogen) atoms. The fourth-order valence-electron chi connectivity index (χ4n) is 3.10. The number of benzene rings is 1. The first-order valence-electron chi connectivity index (χ1n) is 8.26. The Morgan fingerprint density at radius 1 is 1.24 bits per heavy atom. The number of nitrogens with one attached hydrogen (secondary N) is 1. The van der Waals surface area contributed by atoms with Crippen LogP contribution in [-0.2, 0) is 26.0 Å². The van der Waals surface area contributed by atoms with Gasteiger partial charge in [0.25, 0.3) is 0 Å². The number of likely N-dealkylation sites (tertiary alicyclic amines) is 1. The number of hydrogen-bond donors (Lipinski definition) is 2. The quantitative estimate of drug-likeness (QED) is 0.782. The summed E-state index contributed by atoms with van der Waals surface area (Å²) in [4.78, 5) is 25.4. The molecule has 7 nitrogen and oxygen atoms in total. The average molecular weight is 368 g/mol. The van der Waals surface area contributed by atoms with Gasteiger partial charge in [0.1, 0.15) is 0 Å². The fraction of sp³-hybridized carbons (Fsp3) is 0.529. The third kappa shape index (κ3) is 5.02. The minimum atomic E-state index is -3.46. The highest BCUT2D eigenvalue weighted by molar-refractivity contribution is 7.89. The van der Waals surface area contributed by atoms with Crippen LogP contribution in [0.4, 0.5) is 0 Å². The molecule has 8 heteroatoms. The van der Waals surface area contributed by atoms with Crippen molar-refractivity contribution in [3.05, 3.63) is 29.8 Å². The summed E-state index contributed by atoms with van der Waals surface area (Å²) < 4.78 is 25.6. The Kier molecular flexibility index (Phi) is 6.18. The number of piperidine rings is 1. The summed E-state index contributed by atoms with van der Waals surface area (Å²) in [5.41, 5.74) is 0.864. The van der Waals surface area contributed by atoms with Crippen molar-refractivity contribution in [3.63, 3.8) is 0 Å². The Bertz CT molecular complexity index is 730. The molecule has 1 aromatic carbocycles. The minimum Gasteiger partial charge on any atom is -0.481 e. The lowest BCUT2D eigenvalue weighted by Gasteiger charge is -2.34. The number of aliphatic carboxylic acids is 1. The Balaban J connectivity index is 1.94. The molecule has 1 fully saturated rings. The van der Waals surface area contributed by atoms with Gasteiger partial charge >= 0.3 is 5.97 Å². The number of carbonyl (C=O) groups excluding carboxylic acids is 1. The van der Waals surface area contributed by atoms with E-state index in [-0.39, 0.29) is 29.7 Å². The fourth-order valence-corrected chi connectivity index (χ4v) is 3.83. The molecule has 1 saturated heterocycles. The van der Waals surface area contributed by atoms with Gasteiger partial charge in [-0.3, -0.25) is 9.59 Å². The number of rotatable bonds is 6. The molecule has 0 spiro atoms. The van der Waals surface area contributed by atoms with Gasteiger partial charge in [-0.1, -0.05) is 19.1 Å². The number of carbonyl (C=O) groups is 2. The number of aryl methyl sites for hydroxylation is 1. The van der Waals surface area contributed by atoms with Crippen molar-refractivity contribution in [2.75, 3.05) is 20.1 Å². The van der Waals surface area contributed by atoms with Crippen molar-refractivity contribution in [1.29, 1.82) is 0 Å². The molecule has 0 saturated carbocycles. The summed E-state index contributed by atoms with van der Waals surface area (Å²) in [5, 5.41) is 9.18. The van der Waals surface area contributed by atoms with E-state index in [2.05, 4.69) is 4.72 Å². The number of amides is 1. The predicted octanol–water partition coefficient (Wildman–Crippen LogP) is 1.10. The molecular weight excluding hydrogens is 344 g/mol. The van der Waals surface area contributed by atoms with Crippen LogP contribution in [0.25, 0.3) is 0 Å². The highest BCUT2D eigenvalue weighted by Crippen LogP contribution is 2.22. The number of nitrogens with zero attached hydrogens (tertiary/aromatic N) is 1. The van der Waals surface area contributed by atoms with Gasteiger partial charge in [0.15, 0.2) is 0 Å². The molecular formula is C17H24N2O5S. The van der Waals surface area contributed by atoms with Crippen LogP contribution in [0.15, 0.2) is 29.2 Å².